The quantitative estimate of drug-likeness (QED) is 0.497. The van der Waals surface area contributed by atoms with Crippen LogP contribution in [0.5, 0.6) is 0 Å². The largest absolute Gasteiger partial charge is 0.321 e. The van der Waals surface area contributed by atoms with Gasteiger partial charge >= 0.3 is 0 Å². The first-order valence-electron chi connectivity index (χ1n) is 3.70. The fraction of sp³-hybridized carbons (Fsp3) is 0.111. The predicted octanol–water partition coefficient (Wildman–Crippen LogP) is 3.05. The lowest BCUT2D eigenvalue weighted by molar-refractivity contribution is 0.470. The zero-order chi connectivity index (χ0) is 10.9. The summed E-state index contributed by atoms with van der Waals surface area (Å²) in [4.78, 5) is 0. The van der Waals surface area contributed by atoms with E-state index in [0.29, 0.717) is 0 Å². The molecule has 0 saturated carbocycles. The second kappa shape index (κ2) is 4.14. The van der Waals surface area contributed by atoms with Crippen LogP contribution in [0.25, 0.3) is 0 Å². The van der Waals surface area contributed by atoms with Crippen molar-refractivity contribution in [1.29, 1.82) is 0 Å². The molecule has 0 amide bonds. The first-order chi connectivity index (χ1) is 6.49. The van der Waals surface area contributed by atoms with Crippen molar-refractivity contribution >= 4 is 15.9 Å². The molecule has 0 aliphatic rings. The van der Waals surface area contributed by atoms with E-state index < -0.39 is 29.1 Å². The lowest BCUT2D eigenvalue weighted by atomic mass is 10.1. The van der Waals surface area contributed by atoms with Crippen LogP contribution in [0.3, 0.4) is 0 Å². The molecule has 1 rings (SSSR count). The molecule has 1 aromatic carbocycles. The van der Waals surface area contributed by atoms with Gasteiger partial charge < -0.3 is 5.73 Å². The Labute approximate surface area is 87.5 Å². The summed E-state index contributed by atoms with van der Waals surface area (Å²) >= 11 is 2.68. The molecule has 0 radical (unpaired) electrons. The molecule has 1 nitrogen and oxygen atoms in total. The molecule has 0 spiro atoms. The van der Waals surface area contributed by atoms with Crippen LogP contribution in [0.1, 0.15) is 11.6 Å². The van der Waals surface area contributed by atoms with E-state index in [0.717, 1.165) is 12.1 Å². The van der Waals surface area contributed by atoms with Crippen molar-refractivity contribution in [1.82, 2.24) is 0 Å². The molecule has 0 aromatic heterocycles. The second-order valence-corrected chi connectivity index (χ2v) is 3.50. The molecule has 0 aliphatic carbocycles. The van der Waals surface area contributed by atoms with E-state index in [1.54, 1.807) is 0 Å². The molecular weight excluding hydrogens is 259 g/mol. The summed E-state index contributed by atoms with van der Waals surface area (Å²) < 4.78 is 39.1. The minimum atomic E-state index is -1.29. The Morgan fingerprint density at radius 2 is 1.93 bits per heavy atom. The molecule has 0 unspecified atom stereocenters. The Hall–Kier alpha value is -0.810. The van der Waals surface area contributed by atoms with Gasteiger partial charge in [-0.3, -0.25) is 0 Å². The number of hydrogen-bond donors (Lipinski definition) is 1. The van der Waals surface area contributed by atoms with Crippen molar-refractivity contribution in [2.24, 2.45) is 5.73 Å². The zero-order valence-electron chi connectivity index (χ0n) is 7.03. The van der Waals surface area contributed by atoms with Gasteiger partial charge in [-0.1, -0.05) is 6.08 Å². The van der Waals surface area contributed by atoms with Crippen LogP contribution in [0, 0.1) is 17.5 Å². The Balaban J connectivity index is 3.43. The molecule has 5 heteroatoms. The maximum absolute atomic E-state index is 13.2. The summed E-state index contributed by atoms with van der Waals surface area (Å²) in [5.41, 5.74) is 4.82. The summed E-state index contributed by atoms with van der Waals surface area (Å²) in [6.45, 7) is 3.28. The maximum Gasteiger partial charge on any atom is 0.173 e. The Morgan fingerprint density at radius 1 is 1.36 bits per heavy atom. The zero-order valence-corrected chi connectivity index (χ0v) is 8.61. The number of nitrogens with two attached hydrogens (primary N) is 1. The van der Waals surface area contributed by atoms with Gasteiger partial charge in [0.2, 0.25) is 0 Å². The minimum absolute atomic E-state index is 0.271. The van der Waals surface area contributed by atoms with Crippen molar-refractivity contribution in [2.75, 3.05) is 0 Å². The summed E-state index contributed by atoms with van der Waals surface area (Å²) in [5, 5.41) is 0. The van der Waals surface area contributed by atoms with E-state index in [9.17, 15) is 13.2 Å². The van der Waals surface area contributed by atoms with Crippen LogP contribution in [0.15, 0.2) is 23.2 Å². The standard InChI is InChI=1S/C9H7BrF3N/c1-2-6(14)7-5(11)3-4(10)8(12)9(7)13/h2-3,6H,1,14H2/t6-/m1/s1. The molecule has 0 bridgehead atoms. The van der Waals surface area contributed by atoms with Crippen molar-refractivity contribution in [3.63, 3.8) is 0 Å². The second-order valence-electron chi connectivity index (χ2n) is 2.64. The molecule has 1 atom stereocenters. The molecular formula is C9H7BrF3N. The van der Waals surface area contributed by atoms with Crippen LogP contribution in [0.4, 0.5) is 13.2 Å². The lowest BCUT2D eigenvalue weighted by Gasteiger charge is -2.10. The first-order valence-corrected chi connectivity index (χ1v) is 4.49. The molecule has 0 aliphatic heterocycles. The van der Waals surface area contributed by atoms with Crippen molar-refractivity contribution in [3.8, 4) is 0 Å². The number of benzene rings is 1. The first kappa shape index (κ1) is 11.3. The van der Waals surface area contributed by atoms with Crippen molar-refractivity contribution in [3.05, 3.63) is 46.2 Å². The highest BCUT2D eigenvalue weighted by atomic mass is 79.9. The maximum atomic E-state index is 13.2. The molecule has 14 heavy (non-hydrogen) atoms. The third-order valence-corrected chi connectivity index (χ3v) is 2.31. The van der Waals surface area contributed by atoms with Crippen LogP contribution in [-0.2, 0) is 0 Å². The van der Waals surface area contributed by atoms with Gasteiger partial charge in [0.05, 0.1) is 10.5 Å². The van der Waals surface area contributed by atoms with Crippen LogP contribution >= 0.6 is 15.9 Å². The average molecular weight is 266 g/mol. The summed E-state index contributed by atoms with van der Waals surface area (Å²) in [5.74, 6) is -3.34. The molecule has 76 valence electrons. The monoisotopic (exact) mass is 265 g/mol. The SMILES string of the molecule is C=C[C@@H](N)c1c(F)cc(Br)c(F)c1F. The van der Waals surface area contributed by atoms with Crippen LogP contribution < -0.4 is 5.73 Å². The van der Waals surface area contributed by atoms with E-state index >= 15 is 0 Å². The molecule has 0 saturated heterocycles. The van der Waals surface area contributed by atoms with Gasteiger partial charge in [-0.2, -0.15) is 0 Å². The van der Waals surface area contributed by atoms with E-state index in [-0.39, 0.29) is 4.47 Å². The summed E-state index contributed by atoms with van der Waals surface area (Å²) in [7, 11) is 0. The highest BCUT2D eigenvalue weighted by Gasteiger charge is 2.20. The van der Waals surface area contributed by atoms with Crippen molar-refractivity contribution < 1.29 is 13.2 Å². The van der Waals surface area contributed by atoms with Gasteiger partial charge in [0, 0.05) is 5.56 Å². The molecule has 1 aromatic rings. The van der Waals surface area contributed by atoms with Gasteiger partial charge in [-0.15, -0.1) is 6.58 Å². The van der Waals surface area contributed by atoms with Gasteiger partial charge in [0.25, 0.3) is 0 Å². The minimum Gasteiger partial charge on any atom is -0.321 e. The molecule has 0 heterocycles. The highest BCUT2D eigenvalue weighted by molar-refractivity contribution is 9.10. The third kappa shape index (κ3) is 1.83. The average Bonchev–Trinajstić information content (AvgIpc) is 2.14. The van der Waals surface area contributed by atoms with E-state index in [4.69, 9.17) is 5.73 Å². The molecule has 2 N–H and O–H groups in total. The normalized spacial score (nSPS) is 12.6. The Morgan fingerprint density at radius 3 is 2.43 bits per heavy atom. The van der Waals surface area contributed by atoms with Gasteiger partial charge in [0.15, 0.2) is 11.6 Å². The summed E-state index contributed by atoms with van der Waals surface area (Å²) in [6.07, 6.45) is 1.13. The fourth-order valence-electron chi connectivity index (χ4n) is 1.00. The topological polar surface area (TPSA) is 26.0 Å². The highest BCUT2D eigenvalue weighted by Crippen LogP contribution is 2.27. The van der Waals surface area contributed by atoms with Crippen molar-refractivity contribution in [2.45, 2.75) is 6.04 Å². The third-order valence-electron chi connectivity index (χ3n) is 1.74. The number of hydrogen-bond acceptors (Lipinski definition) is 1. The lowest BCUT2D eigenvalue weighted by Crippen LogP contribution is -2.12. The van der Waals surface area contributed by atoms with Gasteiger partial charge in [-0.25, -0.2) is 13.2 Å². The smallest absolute Gasteiger partial charge is 0.173 e. The Bertz CT molecular complexity index is 379. The van der Waals surface area contributed by atoms with E-state index in [1.807, 2.05) is 0 Å². The Kier molecular flexibility index (Phi) is 3.34. The predicted molar refractivity (Wildman–Crippen MR) is 51.1 cm³/mol. The van der Waals surface area contributed by atoms with E-state index in [1.165, 1.54) is 0 Å². The van der Waals surface area contributed by atoms with Crippen LogP contribution in [-0.4, -0.2) is 0 Å². The fourth-order valence-corrected chi connectivity index (χ4v) is 1.38. The van der Waals surface area contributed by atoms with Gasteiger partial charge in [0.1, 0.15) is 5.82 Å². The van der Waals surface area contributed by atoms with Gasteiger partial charge in [-0.05, 0) is 22.0 Å². The molecule has 0 fully saturated rings. The number of rotatable bonds is 2. The van der Waals surface area contributed by atoms with E-state index in [2.05, 4.69) is 22.5 Å². The van der Waals surface area contributed by atoms with Crippen LogP contribution in [0.2, 0.25) is 0 Å². The number of halogens is 4. The summed E-state index contributed by atoms with van der Waals surface area (Å²) in [6, 6.07) is -0.227.